The minimum atomic E-state index is 0.289. The highest BCUT2D eigenvalue weighted by atomic mass is 16.5. The van der Waals surface area contributed by atoms with E-state index < -0.39 is 0 Å². The third kappa shape index (κ3) is 4.03. The quantitative estimate of drug-likeness (QED) is 0.855. The van der Waals surface area contributed by atoms with Crippen LogP contribution in [0.25, 0.3) is 0 Å². The maximum absolute atomic E-state index is 10.1. The summed E-state index contributed by atoms with van der Waals surface area (Å²) in [5.74, 6) is 0.579. The second-order valence-electron chi connectivity index (χ2n) is 5.88. The van der Waals surface area contributed by atoms with Gasteiger partial charge in [-0.25, -0.2) is 0 Å². The molecule has 0 fully saturated rings. The smallest absolute Gasteiger partial charge is 0.124 e. The van der Waals surface area contributed by atoms with Gasteiger partial charge in [0.15, 0.2) is 0 Å². The summed E-state index contributed by atoms with van der Waals surface area (Å²) in [5, 5.41) is 20.2. The zero-order valence-corrected chi connectivity index (χ0v) is 14.1. The van der Waals surface area contributed by atoms with Gasteiger partial charge >= 0.3 is 0 Å². The van der Waals surface area contributed by atoms with Crippen molar-refractivity contribution in [2.75, 3.05) is 14.2 Å². The van der Waals surface area contributed by atoms with Crippen LogP contribution >= 0.6 is 0 Å². The molecule has 4 nitrogen and oxygen atoms in total. The highest BCUT2D eigenvalue weighted by Gasteiger charge is 2.11. The minimum absolute atomic E-state index is 0.289. The van der Waals surface area contributed by atoms with Crippen LogP contribution < -0.4 is 0 Å². The first-order chi connectivity index (χ1) is 11.0. The molecular formula is C19H24O4. The van der Waals surface area contributed by atoms with Gasteiger partial charge < -0.3 is 19.7 Å². The number of aromatic hydroxyl groups is 2. The second kappa shape index (κ2) is 7.49. The first-order valence-corrected chi connectivity index (χ1v) is 7.56. The summed E-state index contributed by atoms with van der Waals surface area (Å²) in [6, 6.07) is 7.88. The summed E-state index contributed by atoms with van der Waals surface area (Å²) < 4.78 is 10.3. The van der Waals surface area contributed by atoms with Crippen LogP contribution in [0.3, 0.4) is 0 Å². The Bertz CT molecular complexity index is 633. The Balaban J connectivity index is 2.35. The Morgan fingerprint density at radius 2 is 1.13 bits per heavy atom. The number of hydrogen-bond donors (Lipinski definition) is 2. The molecule has 0 bridgehead atoms. The van der Waals surface area contributed by atoms with Crippen LogP contribution in [0.15, 0.2) is 24.3 Å². The van der Waals surface area contributed by atoms with Gasteiger partial charge in [-0.15, -0.1) is 0 Å². The predicted octanol–water partition coefficient (Wildman–Crippen LogP) is 3.60. The average Bonchev–Trinajstić information content (AvgIpc) is 2.50. The monoisotopic (exact) mass is 316 g/mol. The Kier molecular flexibility index (Phi) is 5.64. The summed E-state index contributed by atoms with van der Waals surface area (Å²) in [7, 11) is 3.23. The molecule has 0 aliphatic carbocycles. The van der Waals surface area contributed by atoms with Crippen molar-refractivity contribution in [3.05, 3.63) is 57.6 Å². The van der Waals surface area contributed by atoms with Crippen molar-refractivity contribution >= 4 is 0 Å². The van der Waals surface area contributed by atoms with Crippen LogP contribution in [0.1, 0.15) is 33.4 Å². The molecule has 2 rings (SSSR count). The molecule has 0 saturated carbocycles. The molecule has 0 amide bonds. The van der Waals surface area contributed by atoms with E-state index in [4.69, 9.17) is 9.47 Å². The molecule has 0 unspecified atom stereocenters. The van der Waals surface area contributed by atoms with Gasteiger partial charge in [0.05, 0.1) is 13.2 Å². The fourth-order valence-corrected chi connectivity index (χ4v) is 2.84. The van der Waals surface area contributed by atoms with E-state index in [1.54, 1.807) is 14.2 Å². The van der Waals surface area contributed by atoms with Crippen LogP contribution in [-0.2, 0) is 29.1 Å². The number of ether oxygens (including phenoxy) is 2. The molecule has 2 aromatic carbocycles. The molecule has 0 atom stereocenters. The van der Waals surface area contributed by atoms with Crippen molar-refractivity contribution in [2.24, 2.45) is 0 Å². The van der Waals surface area contributed by atoms with Crippen LogP contribution in [0.5, 0.6) is 11.5 Å². The van der Waals surface area contributed by atoms with Crippen molar-refractivity contribution in [2.45, 2.75) is 33.5 Å². The average molecular weight is 316 g/mol. The number of phenols is 2. The molecule has 2 N–H and O–H groups in total. The van der Waals surface area contributed by atoms with Crippen LogP contribution in [0.4, 0.5) is 0 Å². The maximum Gasteiger partial charge on any atom is 0.124 e. The van der Waals surface area contributed by atoms with Crippen molar-refractivity contribution in [1.82, 2.24) is 0 Å². The van der Waals surface area contributed by atoms with Crippen LogP contribution in [-0.4, -0.2) is 24.4 Å². The highest BCUT2D eigenvalue weighted by Crippen LogP contribution is 2.29. The molecule has 0 aliphatic rings. The molecule has 0 spiro atoms. The molecule has 2 aromatic rings. The minimum Gasteiger partial charge on any atom is -0.507 e. The largest absolute Gasteiger partial charge is 0.507 e. The van der Waals surface area contributed by atoms with E-state index in [0.717, 1.165) is 39.8 Å². The molecule has 0 aromatic heterocycles. The molecule has 0 radical (unpaired) electrons. The number of aryl methyl sites for hydroxylation is 2. The van der Waals surface area contributed by atoms with E-state index in [0.29, 0.717) is 13.2 Å². The Hall–Kier alpha value is -2.04. The van der Waals surface area contributed by atoms with Crippen LogP contribution in [0.2, 0.25) is 0 Å². The molecule has 0 saturated heterocycles. The fraction of sp³-hybridized carbons (Fsp3) is 0.368. The zero-order chi connectivity index (χ0) is 17.0. The van der Waals surface area contributed by atoms with Crippen LogP contribution in [0, 0.1) is 13.8 Å². The number of phenolic OH excluding ortho intramolecular Hbond substituents is 2. The molecule has 124 valence electrons. The van der Waals surface area contributed by atoms with E-state index in [1.807, 2.05) is 38.1 Å². The standard InChI is InChI=1S/C19H24O4/c1-12-5-14(8-16(10-22-3)18(12)20)7-15-6-13(2)19(21)17(9-15)11-23-4/h5-6,8-9,20-21H,7,10-11H2,1-4H3. The predicted molar refractivity (Wildman–Crippen MR) is 89.9 cm³/mol. The molecule has 0 heterocycles. The lowest BCUT2D eigenvalue weighted by molar-refractivity contribution is 0.182. The number of benzene rings is 2. The summed E-state index contributed by atoms with van der Waals surface area (Å²) in [5.41, 5.74) is 5.44. The third-order valence-electron chi connectivity index (χ3n) is 3.89. The second-order valence-corrected chi connectivity index (χ2v) is 5.88. The van der Waals surface area contributed by atoms with E-state index >= 15 is 0 Å². The summed E-state index contributed by atoms with van der Waals surface area (Å²) in [4.78, 5) is 0. The van der Waals surface area contributed by atoms with Gasteiger partial charge in [0.25, 0.3) is 0 Å². The molecule has 0 aliphatic heterocycles. The lowest BCUT2D eigenvalue weighted by Crippen LogP contribution is -1.98. The van der Waals surface area contributed by atoms with E-state index in [1.165, 1.54) is 0 Å². The lowest BCUT2D eigenvalue weighted by Gasteiger charge is -2.13. The van der Waals surface area contributed by atoms with E-state index in [2.05, 4.69) is 0 Å². The normalized spacial score (nSPS) is 11.0. The summed E-state index contributed by atoms with van der Waals surface area (Å²) in [6.45, 7) is 4.53. The first-order valence-electron chi connectivity index (χ1n) is 7.56. The molecule has 23 heavy (non-hydrogen) atoms. The van der Waals surface area contributed by atoms with Gasteiger partial charge in [0, 0.05) is 25.3 Å². The SMILES string of the molecule is COCc1cc(Cc2cc(C)c(O)c(COC)c2)cc(C)c1O. The zero-order valence-electron chi connectivity index (χ0n) is 14.1. The van der Waals surface area contributed by atoms with E-state index in [9.17, 15) is 10.2 Å². The van der Waals surface area contributed by atoms with E-state index in [-0.39, 0.29) is 11.5 Å². The lowest BCUT2D eigenvalue weighted by atomic mass is 9.96. The number of hydrogen-bond acceptors (Lipinski definition) is 4. The third-order valence-corrected chi connectivity index (χ3v) is 3.89. The van der Waals surface area contributed by atoms with Crippen molar-refractivity contribution in [1.29, 1.82) is 0 Å². The fourth-order valence-electron chi connectivity index (χ4n) is 2.84. The van der Waals surface area contributed by atoms with Gasteiger partial charge in [-0.3, -0.25) is 0 Å². The Labute approximate surface area is 137 Å². The van der Waals surface area contributed by atoms with Crippen molar-refractivity contribution < 1.29 is 19.7 Å². The summed E-state index contributed by atoms with van der Waals surface area (Å²) in [6.07, 6.45) is 0.718. The van der Waals surface area contributed by atoms with Crippen molar-refractivity contribution in [3.8, 4) is 11.5 Å². The molecular weight excluding hydrogens is 292 g/mol. The topological polar surface area (TPSA) is 58.9 Å². The Morgan fingerprint density at radius 1 is 0.739 bits per heavy atom. The maximum atomic E-state index is 10.1. The summed E-state index contributed by atoms with van der Waals surface area (Å²) >= 11 is 0. The first kappa shape index (κ1) is 17.3. The van der Waals surface area contributed by atoms with Gasteiger partial charge in [0.2, 0.25) is 0 Å². The van der Waals surface area contributed by atoms with Gasteiger partial charge in [-0.05, 0) is 54.7 Å². The molecule has 4 heteroatoms. The van der Waals surface area contributed by atoms with Gasteiger partial charge in [-0.1, -0.05) is 12.1 Å². The highest BCUT2D eigenvalue weighted by molar-refractivity contribution is 5.47. The van der Waals surface area contributed by atoms with Gasteiger partial charge in [-0.2, -0.15) is 0 Å². The van der Waals surface area contributed by atoms with Crippen molar-refractivity contribution in [3.63, 3.8) is 0 Å². The number of rotatable bonds is 6. The van der Waals surface area contributed by atoms with Gasteiger partial charge in [0.1, 0.15) is 11.5 Å². The number of methoxy groups -OCH3 is 2. The Morgan fingerprint density at radius 3 is 1.48 bits per heavy atom.